The van der Waals surface area contributed by atoms with Crippen molar-refractivity contribution in [2.75, 3.05) is 7.11 Å². The van der Waals surface area contributed by atoms with Gasteiger partial charge in [0.25, 0.3) is 0 Å². The van der Waals surface area contributed by atoms with Crippen LogP contribution in [0.3, 0.4) is 0 Å². The van der Waals surface area contributed by atoms with E-state index in [1.54, 1.807) is 24.3 Å². The molecule has 0 saturated carbocycles. The molecule has 0 unspecified atom stereocenters. The van der Waals surface area contributed by atoms with Gasteiger partial charge in [-0.25, -0.2) is 0 Å². The molecule has 0 aromatic heterocycles. The van der Waals surface area contributed by atoms with Crippen molar-refractivity contribution >= 4 is 12.3 Å². The van der Waals surface area contributed by atoms with Crippen LogP contribution >= 0.6 is 0 Å². The van der Waals surface area contributed by atoms with Crippen LogP contribution in [0.4, 0.5) is 0 Å². The van der Waals surface area contributed by atoms with E-state index in [4.69, 9.17) is 9.47 Å². The first kappa shape index (κ1) is 16.7. The van der Waals surface area contributed by atoms with Crippen LogP contribution < -0.4 is 4.74 Å². The van der Waals surface area contributed by atoms with Crippen molar-refractivity contribution in [1.82, 2.24) is 0 Å². The monoisotopic (exact) mass is 312 g/mol. The van der Waals surface area contributed by atoms with E-state index >= 15 is 0 Å². The predicted molar refractivity (Wildman–Crippen MR) is 87.8 cm³/mol. The number of hydrogen-bond donors (Lipinski definition) is 0. The van der Waals surface area contributed by atoms with Gasteiger partial charge in [-0.05, 0) is 62.2 Å². The smallest absolute Gasteiger partial charge is 0.311 e. The molecule has 0 fully saturated rings. The molecule has 23 heavy (non-hydrogen) atoms. The first-order chi connectivity index (χ1) is 10.9. The van der Waals surface area contributed by atoms with Crippen molar-refractivity contribution < 1.29 is 19.1 Å². The highest BCUT2D eigenvalue weighted by Crippen LogP contribution is 2.26. The molecule has 0 bridgehead atoms. The number of methoxy groups -OCH3 is 1. The second kappa shape index (κ2) is 7.09. The van der Waals surface area contributed by atoms with Crippen LogP contribution in [0.2, 0.25) is 0 Å². The Morgan fingerprint density at radius 2 is 1.52 bits per heavy atom. The number of aldehydes is 1. The number of carbonyl (C=O) groups is 2. The van der Waals surface area contributed by atoms with E-state index in [0.29, 0.717) is 23.5 Å². The summed E-state index contributed by atoms with van der Waals surface area (Å²) in [6, 6.07) is 14.5. The molecule has 4 nitrogen and oxygen atoms in total. The summed E-state index contributed by atoms with van der Waals surface area (Å²) in [7, 11) is 1.40. The maximum absolute atomic E-state index is 11.7. The Morgan fingerprint density at radius 3 is 2.00 bits per heavy atom. The normalized spacial score (nSPS) is 10.9. The summed E-state index contributed by atoms with van der Waals surface area (Å²) in [6.07, 6.45) is 1.38. The minimum atomic E-state index is -0.568. The van der Waals surface area contributed by atoms with Gasteiger partial charge in [-0.15, -0.1) is 0 Å². The van der Waals surface area contributed by atoms with E-state index in [0.717, 1.165) is 11.8 Å². The molecule has 0 N–H and O–H groups in total. The quantitative estimate of drug-likeness (QED) is 0.597. The van der Waals surface area contributed by atoms with Gasteiger partial charge in [-0.3, -0.25) is 9.59 Å². The minimum absolute atomic E-state index is 0.229. The highest BCUT2D eigenvalue weighted by atomic mass is 16.5. The molecule has 0 aliphatic heterocycles. The van der Waals surface area contributed by atoms with Gasteiger partial charge in [0.2, 0.25) is 0 Å². The molecule has 120 valence electrons. The summed E-state index contributed by atoms with van der Waals surface area (Å²) < 4.78 is 10.5. The molecular formula is C19H20O4. The van der Waals surface area contributed by atoms with E-state index in [2.05, 4.69) is 0 Å². The molecule has 0 aliphatic carbocycles. The first-order valence-electron chi connectivity index (χ1n) is 7.35. The lowest BCUT2D eigenvalue weighted by Gasteiger charge is -2.21. The SMILES string of the molecule is COC(=O)C(C)(C)Cc1ccc(Oc2ccc(C=O)cc2)cc1. The second-order valence-corrected chi connectivity index (χ2v) is 5.99. The first-order valence-corrected chi connectivity index (χ1v) is 7.35. The summed E-state index contributed by atoms with van der Waals surface area (Å²) in [5, 5.41) is 0. The fourth-order valence-corrected chi connectivity index (χ4v) is 2.28. The van der Waals surface area contributed by atoms with Crippen LogP contribution in [-0.2, 0) is 16.0 Å². The maximum Gasteiger partial charge on any atom is 0.311 e. The number of esters is 1. The Morgan fingerprint density at radius 1 is 1.00 bits per heavy atom. The van der Waals surface area contributed by atoms with Crippen LogP contribution in [-0.4, -0.2) is 19.4 Å². The number of ether oxygens (including phenoxy) is 2. The van der Waals surface area contributed by atoms with E-state index in [9.17, 15) is 9.59 Å². The van der Waals surface area contributed by atoms with E-state index in [1.165, 1.54) is 7.11 Å². The largest absolute Gasteiger partial charge is 0.469 e. The average Bonchev–Trinajstić information content (AvgIpc) is 2.56. The fraction of sp³-hybridized carbons (Fsp3) is 0.263. The molecule has 0 atom stereocenters. The van der Waals surface area contributed by atoms with Crippen LogP contribution in [0.25, 0.3) is 0 Å². The van der Waals surface area contributed by atoms with Gasteiger partial charge in [0.1, 0.15) is 17.8 Å². The Bertz CT molecular complexity index is 670. The van der Waals surface area contributed by atoms with Crippen LogP contribution in [0.15, 0.2) is 48.5 Å². The zero-order valence-corrected chi connectivity index (χ0v) is 13.5. The summed E-state index contributed by atoms with van der Waals surface area (Å²) in [6.45, 7) is 3.72. The van der Waals surface area contributed by atoms with Gasteiger partial charge in [0.05, 0.1) is 12.5 Å². The van der Waals surface area contributed by atoms with Gasteiger partial charge in [-0.1, -0.05) is 12.1 Å². The Kier molecular flexibility index (Phi) is 5.16. The van der Waals surface area contributed by atoms with Crippen molar-refractivity contribution in [3.8, 4) is 11.5 Å². The molecule has 0 radical (unpaired) electrons. The fourth-order valence-electron chi connectivity index (χ4n) is 2.28. The van der Waals surface area contributed by atoms with Crippen LogP contribution in [0, 0.1) is 5.41 Å². The lowest BCUT2D eigenvalue weighted by Crippen LogP contribution is -2.27. The molecule has 0 amide bonds. The molecule has 0 heterocycles. The van der Waals surface area contributed by atoms with Gasteiger partial charge < -0.3 is 9.47 Å². The molecule has 0 aliphatic rings. The number of benzene rings is 2. The van der Waals surface area contributed by atoms with Crippen molar-refractivity contribution in [3.63, 3.8) is 0 Å². The average molecular weight is 312 g/mol. The molecule has 2 aromatic rings. The van der Waals surface area contributed by atoms with Crippen molar-refractivity contribution in [3.05, 3.63) is 59.7 Å². The summed E-state index contributed by atoms with van der Waals surface area (Å²) in [4.78, 5) is 22.4. The molecule has 0 saturated heterocycles. The third kappa shape index (κ3) is 4.42. The maximum atomic E-state index is 11.7. The summed E-state index contributed by atoms with van der Waals surface area (Å²) in [5.41, 5.74) is 1.07. The van der Waals surface area contributed by atoms with E-state index in [1.807, 2.05) is 38.1 Å². The number of hydrogen-bond acceptors (Lipinski definition) is 4. The third-order valence-corrected chi connectivity index (χ3v) is 3.56. The molecule has 2 rings (SSSR count). The standard InChI is InChI=1S/C19H20O4/c1-19(2,18(21)22-3)12-14-4-8-16(9-5-14)23-17-10-6-15(13-20)7-11-17/h4-11,13H,12H2,1-3H3. The second-order valence-electron chi connectivity index (χ2n) is 5.99. The van der Waals surface area contributed by atoms with Crippen LogP contribution in [0.5, 0.6) is 11.5 Å². The lowest BCUT2D eigenvalue weighted by molar-refractivity contribution is -0.150. The Hall–Kier alpha value is -2.62. The minimum Gasteiger partial charge on any atom is -0.469 e. The summed E-state index contributed by atoms with van der Waals surface area (Å²) >= 11 is 0. The van der Waals surface area contributed by atoms with Gasteiger partial charge in [-0.2, -0.15) is 0 Å². The number of carbonyl (C=O) groups excluding carboxylic acids is 2. The molecule has 2 aromatic carbocycles. The highest BCUT2D eigenvalue weighted by Gasteiger charge is 2.28. The lowest BCUT2D eigenvalue weighted by atomic mass is 9.86. The van der Waals surface area contributed by atoms with Gasteiger partial charge in [0, 0.05) is 5.56 Å². The third-order valence-electron chi connectivity index (χ3n) is 3.56. The predicted octanol–water partition coefficient (Wildman–Crippen LogP) is 4.03. The van der Waals surface area contributed by atoms with Gasteiger partial charge in [0.15, 0.2) is 0 Å². The zero-order valence-electron chi connectivity index (χ0n) is 13.5. The zero-order chi connectivity index (χ0) is 16.9. The molecular weight excluding hydrogens is 292 g/mol. The van der Waals surface area contributed by atoms with Crippen molar-refractivity contribution in [1.29, 1.82) is 0 Å². The molecule has 4 heteroatoms. The van der Waals surface area contributed by atoms with Crippen molar-refractivity contribution in [2.45, 2.75) is 20.3 Å². The van der Waals surface area contributed by atoms with Crippen LogP contribution in [0.1, 0.15) is 29.8 Å². The van der Waals surface area contributed by atoms with Gasteiger partial charge >= 0.3 is 5.97 Å². The summed E-state index contributed by atoms with van der Waals surface area (Å²) in [5.74, 6) is 1.13. The Balaban J connectivity index is 2.04. The Labute approximate surface area is 136 Å². The molecule has 0 spiro atoms. The highest BCUT2D eigenvalue weighted by molar-refractivity contribution is 5.76. The van der Waals surface area contributed by atoms with Crippen molar-refractivity contribution in [2.24, 2.45) is 5.41 Å². The topological polar surface area (TPSA) is 52.6 Å². The van der Waals surface area contributed by atoms with E-state index < -0.39 is 5.41 Å². The van der Waals surface area contributed by atoms with E-state index in [-0.39, 0.29) is 5.97 Å². The number of rotatable bonds is 6.